The molecule has 2 amide bonds. The van der Waals surface area contributed by atoms with Gasteiger partial charge in [-0.3, -0.25) is 4.79 Å². The first-order chi connectivity index (χ1) is 6.20. The van der Waals surface area contributed by atoms with Gasteiger partial charge in [0.25, 0.3) is 0 Å². The molecule has 5 nitrogen and oxygen atoms in total. The molecule has 0 aromatic heterocycles. The number of hydrogen-bond donors (Lipinski definition) is 2. The molecule has 0 aromatic rings. The molecule has 5 heteroatoms. The van der Waals surface area contributed by atoms with Gasteiger partial charge in [0.2, 0.25) is 0 Å². The molecule has 2 N–H and O–H groups in total. The molecule has 1 rings (SSSR count). The second kappa shape index (κ2) is 4.49. The van der Waals surface area contributed by atoms with E-state index in [-0.39, 0.29) is 12.6 Å². The Morgan fingerprint density at radius 1 is 1.46 bits per heavy atom. The smallest absolute Gasteiger partial charge is 0.323 e. The van der Waals surface area contributed by atoms with E-state index in [4.69, 9.17) is 5.11 Å². The predicted molar refractivity (Wildman–Crippen MR) is 46.4 cm³/mol. The van der Waals surface area contributed by atoms with E-state index < -0.39 is 5.97 Å². The van der Waals surface area contributed by atoms with E-state index in [9.17, 15) is 9.59 Å². The Kier molecular flexibility index (Phi) is 3.31. The molecule has 0 saturated carbocycles. The number of urea groups is 1. The Hall–Kier alpha value is -1.52. The number of nitrogens with one attached hydrogen (secondary N) is 1. The third kappa shape index (κ3) is 3.14. The van der Waals surface area contributed by atoms with Crippen molar-refractivity contribution in [1.29, 1.82) is 0 Å². The fourth-order valence-corrected chi connectivity index (χ4v) is 1.09. The summed E-state index contributed by atoms with van der Waals surface area (Å²) in [5.74, 6) is -1.03. The predicted octanol–water partition coefficient (Wildman–Crippen LogP) is 0.0425. The van der Waals surface area contributed by atoms with E-state index in [0.717, 1.165) is 6.42 Å². The van der Waals surface area contributed by atoms with Gasteiger partial charge in [-0.05, 0) is 6.42 Å². The van der Waals surface area contributed by atoms with Crippen molar-refractivity contribution >= 4 is 12.0 Å². The summed E-state index contributed by atoms with van der Waals surface area (Å²) in [6.45, 7) is 0.895. The average Bonchev–Trinajstić information content (AvgIpc) is 2.15. The van der Waals surface area contributed by atoms with Gasteiger partial charge in [0, 0.05) is 13.1 Å². The average molecular weight is 184 g/mol. The molecule has 0 radical (unpaired) electrons. The molecular formula is C8H12N2O3. The van der Waals surface area contributed by atoms with Crippen molar-refractivity contribution in [2.24, 2.45) is 0 Å². The minimum absolute atomic E-state index is 0.313. The summed E-state index contributed by atoms with van der Waals surface area (Å²) in [6, 6.07) is -0.313. The second-order valence-electron chi connectivity index (χ2n) is 2.76. The molecular weight excluding hydrogens is 172 g/mol. The van der Waals surface area contributed by atoms with Crippen LogP contribution in [0, 0.1) is 0 Å². The Morgan fingerprint density at radius 3 is 2.77 bits per heavy atom. The molecule has 72 valence electrons. The summed E-state index contributed by atoms with van der Waals surface area (Å²) in [4.78, 5) is 22.9. The highest BCUT2D eigenvalue weighted by Crippen LogP contribution is 2.00. The van der Waals surface area contributed by atoms with Crippen molar-refractivity contribution < 1.29 is 14.7 Å². The first-order valence-electron chi connectivity index (χ1n) is 4.09. The molecule has 0 aromatic carbocycles. The SMILES string of the molecule is O=C(O)CNC(=O)N1CC=CCC1. The topological polar surface area (TPSA) is 69.6 Å². The molecule has 0 bridgehead atoms. The summed E-state index contributed by atoms with van der Waals surface area (Å²) in [5, 5.41) is 10.6. The van der Waals surface area contributed by atoms with Crippen LogP contribution in [0.3, 0.4) is 0 Å². The molecule has 1 aliphatic heterocycles. The number of rotatable bonds is 2. The molecule has 0 saturated heterocycles. The van der Waals surface area contributed by atoms with E-state index in [1.165, 1.54) is 0 Å². The molecule has 1 heterocycles. The number of aliphatic carboxylic acids is 1. The molecule has 0 atom stereocenters. The first kappa shape index (κ1) is 9.57. The number of hydrogen-bond acceptors (Lipinski definition) is 2. The van der Waals surface area contributed by atoms with Crippen molar-refractivity contribution in [2.75, 3.05) is 19.6 Å². The van der Waals surface area contributed by atoms with Crippen LogP contribution in [0.1, 0.15) is 6.42 Å². The summed E-state index contributed by atoms with van der Waals surface area (Å²) >= 11 is 0. The van der Waals surface area contributed by atoms with Gasteiger partial charge in [0.1, 0.15) is 6.54 Å². The zero-order valence-corrected chi connectivity index (χ0v) is 7.19. The van der Waals surface area contributed by atoms with Gasteiger partial charge in [-0.25, -0.2) is 4.79 Å². The quantitative estimate of drug-likeness (QED) is 0.595. The van der Waals surface area contributed by atoms with Crippen LogP contribution >= 0.6 is 0 Å². The fraction of sp³-hybridized carbons (Fsp3) is 0.500. The zero-order chi connectivity index (χ0) is 9.68. The molecule has 1 aliphatic rings. The highest BCUT2D eigenvalue weighted by molar-refractivity contribution is 5.80. The van der Waals surface area contributed by atoms with Crippen LogP contribution in [0.4, 0.5) is 4.79 Å². The lowest BCUT2D eigenvalue weighted by Gasteiger charge is -2.23. The normalized spacial score (nSPS) is 15.5. The third-order valence-corrected chi connectivity index (χ3v) is 1.74. The van der Waals surface area contributed by atoms with Crippen molar-refractivity contribution in [3.63, 3.8) is 0 Å². The molecule has 0 fully saturated rings. The second-order valence-corrected chi connectivity index (χ2v) is 2.76. The van der Waals surface area contributed by atoms with Crippen molar-refractivity contribution in [1.82, 2.24) is 10.2 Å². The van der Waals surface area contributed by atoms with Gasteiger partial charge in [-0.2, -0.15) is 0 Å². The standard InChI is InChI=1S/C8H12N2O3/c11-7(12)6-9-8(13)10-4-2-1-3-5-10/h1-2H,3-6H2,(H,9,13)(H,11,12). The Bertz CT molecular complexity index is 238. The Balaban J connectivity index is 2.30. The fourth-order valence-electron chi connectivity index (χ4n) is 1.09. The van der Waals surface area contributed by atoms with Crippen molar-refractivity contribution in [3.8, 4) is 0 Å². The highest BCUT2D eigenvalue weighted by Gasteiger charge is 2.13. The van der Waals surface area contributed by atoms with E-state index in [2.05, 4.69) is 5.32 Å². The molecule has 0 unspecified atom stereocenters. The van der Waals surface area contributed by atoms with E-state index in [1.807, 2.05) is 12.2 Å². The lowest BCUT2D eigenvalue weighted by atomic mass is 10.3. The summed E-state index contributed by atoms with van der Waals surface area (Å²) < 4.78 is 0. The number of carbonyl (C=O) groups excluding carboxylic acids is 1. The van der Waals surface area contributed by atoms with Crippen LogP contribution in [-0.4, -0.2) is 41.6 Å². The van der Waals surface area contributed by atoms with Crippen LogP contribution in [0.15, 0.2) is 12.2 Å². The van der Waals surface area contributed by atoms with Crippen molar-refractivity contribution in [3.05, 3.63) is 12.2 Å². The van der Waals surface area contributed by atoms with Gasteiger partial charge in [-0.15, -0.1) is 0 Å². The maximum absolute atomic E-state index is 11.2. The third-order valence-electron chi connectivity index (χ3n) is 1.74. The summed E-state index contributed by atoms with van der Waals surface area (Å²) in [7, 11) is 0. The highest BCUT2D eigenvalue weighted by atomic mass is 16.4. The van der Waals surface area contributed by atoms with Gasteiger partial charge in [0.15, 0.2) is 0 Å². The molecule has 0 spiro atoms. The number of nitrogens with zero attached hydrogens (tertiary/aromatic N) is 1. The minimum Gasteiger partial charge on any atom is -0.480 e. The van der Waals surface area contributed by atoms with Crippen LogP contribution in [0.25, 0.3) is 0 Å². The maximum atomic E-state index is 11.2. The zero-order valence-electron chi connectivity index (χ0n) is 7.19. The van der Waals surface area contributed by atoms with E-state index >= 15 is 0 Å². The van der Waals surface area contributed by atoms with Crippen LogP contribution in [-0.2, 0) is 4.79 Å². The summed E-state index contributed by atoms with van der Waals surface area (Å²) in [5.41, 5.74) is 0. The van der Waals surface area contributed by atoms with Crippen molar-refractivity contribution in [2.45, 2.75) is 6.42 Å². The molecule has 13 heavy (non-hydrogen) atoms. The summed E-state index contributed by atoms with van der Waals surface area (Å²) in [6.07, 6.45) is 4.73. The van der Waals surface area contributed by atoms with Crippen LogP contribution in [0.5, 0.6) is 0 Å². The maximum Gasteiger partial charge on any atom is 0.323 e. The monoisotopic (exact) mass is 184 g/mol. The Labute approximate surface area is 76.0 Å². The van der Waals surface area contributed by atoms with Gasteiger partial charge in [0.05, 0.1) is 0 Å². The number of carboxylic acid groups (broad SMARTS) is 1. The minimum atomic E-state index is -1.03. The van der Waals surface area contributed by atoms with Gasteiger partial charge in [-0.1, -0.05) is 12.2 Å². The largest absolute Gasteiger partial charge is 0.480 e. The molecule has 0 aliphatic carbocycles. The number of carboxylic acids is 1. The number of carbonyl (C=O) groups is 2. The van der Waals surface area contributed by atoms with Crippen LogP contribution in [0.2, 0.25) is 0 Å². The van der Waals surface area contributed by atoms with E-state index in [1.54, 1.807) is 4.90 Å². The lowest BCUT2D eigenvalue weighted by molar-refractivity contribution is -0.135. The van der Waals surface area contributed by atoms with Gasteiger partial charge < -0.3 is 15.3 Å². The van der Waals surface area contributed by atoms with E-state index in [0.29, 0.717) is 13.1 Å². The Morgan fingerprint density at radius 2 is 2.23 bits per heavy atom. The lowest BCUT2D eigenvalue weighted by Crippen LogP contribution is -2.43. The number of amides is 2. The van der Waals surface area contributed by atoms with Crippen LogP contribution < -0.4 is 5.32 Å². The first-order valence-corrected chi connectivity index (χ1v) is 4.09. The van der Waals surface area contributed by atoms with Gasteiger partial charge >= 0.3 is 12.0 Å².